The van der Waals surface area contributed by atoms with Gasteiger partial charge in [-0.15, -0.1) is 0 Å². The molecule has 1 aromatic carbocycles. The Morgan fingerprint density at radius 3 is 2.68 bits per heavy atom. The number of para-hydroxylation sites is 1. The molecule has 1 rings (SSSR count). The van der Waals surface area contributed by atoms with Gasteiger partial charge in [0.15, 0.2) is 0 Å². The normalized spacial score (nSPS) is 11.9. The summed E-state index contributed by atoms with van der Waals surface area (Å²) in [5.74, 6) is 0.907. The number of hydrogen-bond donors (Lipinski definition) is 2. The van der Waals surface area contributed by atoms with E-state index in [0.29, 0.717) is 11.4 Å². The monoisotopic (exact) mass is 283 g/mol. The second-order valence-corrected chi connectivity index (χ2v) is 5.30. The topological polar surface area (TPSA) is 67.2 Å². The van der Waals surface area contributed by atoms with E-state index in [9.17, 15) is 10.1 Å². The minimum Gasteiger partial charge on any atom is -0.379 e. The molecule has 0 spiro atoms. The fourth-order valence-corrected chi connectivity index (χ4v) is 2.40. The van der Waals surface area contributed by atoms with Crippen molar-refractivity contribution in [2.75, 3.05) is 29.2 Å². The summed E-state index contributed by atoms with van der Waals surface area (Å²) in [6.45, 7) is 4.78. The van der Waals surface area contributed by atoms with Gasteiger partial charge in [-0.3, -0.25) is 10.1 Å². The van der Waals surface area contributed by atoms with Crippen molar-refractivity contribution in [3.63, 3.8) is 0 Å². The van der Waals surface area contributed by atoms with Gasteiger partial charge in [0.05, 0.1) is 4.92 Å². The third-order valence-corrected chi connectivity index (χ3v) is 3.44. The molecule has 0 saturated heterocycles. The van der Waals surface area contributed by atoms with Crippen LogP contribution < -0.4 is 10.6 Å². The Balaban J connectivity index is 2.99. The van der Waals surface area contributed by atoms with E-state index >= 15 is 0 Å². The summed E-state index contributed by atoms with van der Waals surface area (Å²) in [5.41, 5.74) is 1.28. The fourth-order valence-electron chi connectivity index (χ4n) is 1.82. The Labute approximate surface area is 118 Å². The largest absolute Gasteiger partial charge is 0.379 e. The Kier molecular flexibility index (Phi) is 6.49. The van der Waals surface area contributed by atoms with Crippen molar-refractivity contribution in [2.45, 2.75) is 26.3 Å². The molecule has 1 aromatic rings. The van der Waals surface area contributed by atoms with Gasteiger partial charge in [-0.25, -0.2) is 0 Å². The molecule has 6 heteroatoms. The zero-order valence-corrected chi connectivity index (χ0v) is 12.4. The van der Waals surface area contributed by atoms with Gasteiger partial charge in [-0.2, -0.15) is 11.8 Å². The molecule has 106 valence electrons. The summed E-state index contributed by atoms with van der Waals surface area (Å²) >= 11 is 1.71. The van der Waals surface area contributed by atoms with E-state index in [1.165, 1.54) is 0 Å². The summed E-state index contributed by atoms with van der Waals surface area (Å²) < 4.78 is 0. The van der Waals surface area contributed by atoms with Crippen molar-refractivity contribution in [2.24, 2.45) is 0 Å². The average molecular weight is 283 g/mol. The number of nitro benzene ring substituents is 1. The molecule has 0 fully saturated rings. The zero-order chi connectivity index (χ0) is 14.3. The van der Waals surface area contributed by atoms with Crippen LogP contribution in [0.1, 0.15) is 20.3 Å². The number of anilines is 2. The van der Waals surface area contributed by atoms with Crippen LogP contribution in [0.2, 0.25) is 0 Å². The Bertz CT molecular complexity index is 426. The first-order valence-corrected chi connectivity index (χ1v) is 7.76. The number of benzene rings is 1. The van der Waals surface area contributed by atoms with Gasteiger partial charge in [0.1, 0.15) is 11.4 Å². The van der Waals surface area contributed by atoms with Crippen molar-refractivity contribution in [3.05, 3.63) is 28.3 Å². The van der Waals surface area contributed by atoms with Gasteiger partial charge in [0.2, 0.25) is 0 Å². The Hall–Kier alpha value is -1.43. The van der Waals surface area contributed by atoms with E-state index in [2.05, 4.69) is 10.6 Å². The van der Waals surface area contributed by atoms with E-state index in [1.807, 2.05) is 26.2 Å². The number of rotatable bonds is 8. The van der Waals surface area contributed by atoms with Crippen LogP contribution in [-0.2, 0) is 0 Å². The highest BCUT2D eigenvalue weighted by Gasteiger charge is 2.20. The third kappa shape index (κ3) is 4.63. The number of nitrogens with zero attached hydrogens (tertiary/aromatic N) is 1. The second-order valence-electron chi connectivity index (χ2n) is 4.39. The first-order chi connectivity index (χ1) is 9.10. The van der Waals surface area contributed by atoms with Crippen LogP contribution in [-0.4, -0.2) is 29.5 Å². The molecule has 0 aliphatic carbocycles. The minimum atomic E-state index is -0.327. The fraction of sp³-hybridized carbons (Fsp3) is 0.538. The Morgan fingerprint density at radius 2 is 2.11 bits per heavy atom. The lowest BCUT2D eigenvalue weighted by molar-refractivity contribution is -0.383. The number of nitrogens with one attached hydrogen (secondary N) is 2. The van der Waals surface area contributed by atoms with E-state index in [4.69, 9.17) is 0 Å². The summed E-state index contributed by atoms with van der Waals surface area (Å²) in [6, 6.07) is 5.53. The molecule has 2 N–H and O–H groups in total. The van der Waals surface area contributed by atoms with Gasteiger partial charge >= 0.3 is 5.69 Å². The van der Waals surface area contributed by atoms with E-state index in [1.54, 1.807) is 23.9 Å². The van der Waals surface area contributed by atoms with Gasteiger partial charge in [0.25, 0.3) is 0 Å². The predicted molar refractivity (Wildman–Crippen MR) is 83.3 cm³/mol. The first kappa shape index (κ1) is 15.6. The zero-order valence-electron chi connectivity index (χ0n) is 11.6. The van der Waals surface area contributed by atoms with Gasteiger partial charge in [0, 0.05) is 18.3 Å². The molecular weight excluding hydrogens is 262 g/mol. The summed E-state index contributed by atoms with van der Waals surface area (Å²) in [5, 5.41) is 17.6. The lowest BCUT2D eigenvalue weighted by atomic mass is 10.2. The number of hydrogen-bond acceptors (Lipinski definition) is 5. The van der Waals surface area contributed by atoms with Crippen LogP contribution in [0.25, 0.3) is 0 Å². The van der Waals surface area contributed by atoms with Crippen molar-refractivity contribution >= 4 is 28.8 Å². The van der Waals surface area contributed by atoms with Gasteiger partial charge in [-0.1, -0.05) is 13.0 Å². The van der Waals surface area contributed by atoms with Crippen molar-refractivity contribution in [1.82, 2.24) is 0 Å². The van der Waals surface area contributed by atoms with E-state index < -0.39 is 0 Å². The molecule has 0 radical (unpaired) electrons. The number of thioether (sulfide) groups is 1. The maximum atomic E-state index is 11.3. The Morgan fingerprint density at radius 1 is 1.42 bits per heavy atom. The summed E-state index contributed by atoms with van der Waals surface area (Å²) in [4.78, 5) is 10.9. The molecule has 19 heavy (non-hydrogen) atoms. The van der Waals surface area contributed by atoms with E-state index in [-0.39, 0.29) is 16.7 Å². The highest BCUT2D eigenvalue weighted by molar-refractivity contribution is 7.98. The molecule has 0 aliphatic rings. The highest BCUT2D eigenvalue weighted by atomic mass is 32.2. The molecule has 5 nitrogen and oxygen atoms in total. The molecule has 0 saturated carbocycles. The van der Waals surface area contributed by atoms with Gasteiger partial charge in [-0.05, 0) is 31.7 Å². The van der Waals surface area contributed by atoms with Crippen LogP contribution >= 0.6 is 11.8 Å². The van der Waals surface area contributed by atoms with Crippen molar-refractivity contribution < 1.29 is 4.92 Å². The molecule has 0 aromatic heterocycles. The quantitative estimate of drug-likeness (QED) is 0.564. The van der Waals surface area contributed by atoms with Crippen LogP contribution in [0, 0.1) is 10.1 Å². The van der Waals surface area contributed by atoms with E-state index in [0.717, 1.165) is 18.7 Å². The number of nitro groups is 1. The first-order valence-electron chi connectivity index (χ1n) is 6.36. The summed E-state index contributed by atoms with van der Waals surface area (Å²) in [7, 11) is 0. The van der Waals surface area contributed by atoms with Gasteiger partial charge < -0.3 is 10.6 Å². The van der Waals surface area contributed by atoms with Crippen LogP contribution in [0.15, 0.2) is 18.2 Å². The van der Waals surface area contributed by atoms with Crippen LogP contribution in [0.5, 0.6) is 0 Å². The maximum Gasteiger partial charge on any atom is 0.315 e. The molecule has 0 bridgehead atoms. The standard InChI is InChI=1S/C13H21N3O2S/c1-4-8-14-11-6-5-7-12(13(11)16(17)18)15-10(2)9-19-3/h5-7,10,14-15H,4,8-9H2,1-3H3. The average Bonchev–Trinajstić information content (AvgIpc) is 2.36. The van der Waals surface area contributed by atoms with Crippen molar-refractivity contribution in [3.8, 4) is 0 Å². The molecule has 1 unspecified atom stereocenters. The maximum absolute atomic E-state index is 11.3. The molecule has 1 atom stereocenters. The molecule has 0 heterocycles. The minimum absolute atomic E-state index is 0.129. The lowest BCUT2D eigenvalue weighted by Gasteiger charge is -2.15. The molecular formula is C13H21N3O2S. The van der Waals surface area contributed by atoms with Crippen molar-refractivity contribution in [1.29, 1.82) is 0 Å². The third-order valence-electron chi connectivity index (χ3n) is 2.60. The predicted octanol–water partition coefficient (Wildman–Crippen LogP) is 3.58. The highest BCUT2D eigenvalue weighted by Crippen LogP contribution is 2.33. The van der Waals surface area contributed by atoms with Crippen LogP contribution in [0.4, 0.5) is 17.1 Å². The smallest absolute Gasteiger partial charge is 0.315 e. The second kappa shape index (κ2) is 7.89. The van der Waals surface area contributed by atoms with Crippen LogP contribution in [0.3, 0.4) is 0 Å². The SMILES string of the molecule is CCCNc1cccc(NC(C)CSC)c1[N+](=O)[O-]. The molecule has 0 aliphatic heterocycles. The lowest BCUT2D eigenvalue weighted by Crippen LogP contribution is -2.19. The summed E-state index contributed by atoms with van der Waals surface area (Å²) in [6.07, 6.45) is 2.95. The molecule has 0 amide bonds.